The van der Waals surface area contributed by atoms with Crippen LogP contribution in [0.2, 0.25) is 0 Å². The van der Waals surface area contributed by atoms with Crippen molar-refractivity contribution in [3.8, 4) is 11.8 Å². The van der Waals surface area contributed by atoms with Crippen molar-refractivity contribution in [3.63, 3.8) is 0 Å². The number of fused-ring (bicyclic) bond motifs is 1. The third-order valence-corrected chi connectivity index (χ3v) is 5.51. The molecule has 3 rings (SSSR count). The first-order valence-corrected chi connectivity index (χ1v) is 8.07. The minimum atomic E-state index is -0.191. The van der Waals surface area contributed by atoms with E-state index in [1.54, 1.807) is 22.9 Å². The van der Waals surface area contributed by atoms with Gasteiger partial charge < -0.3 is 15.0 Å². The maximum absolute atomic E-state index is 12.5. The van der Waals surface area contributed by atoms with E-state index in [4.69, 9.17) is 10.5 Å². The van der Waals surface area contributed by atoms with Gasteiger partial charge in [0, 0.05) is 36.2 Å². The van der Waals surface area contributed by atoms with Crippen LogP contribution in [0.4, 0.5) is 0 Å². The average Bonchev–Trinajstić information content (AvgIpc) is 2.54. The summed E-state index contributed by atoms with van der Waals surface area (Å²) in [5, 5.41) is 9.81. The molecule has 0 radical (unpaired) electrons. The molecule has 0 saturated heterocycles. The van der Waals surface area contributed by atoms with Crippen molar-refractivity contribution in [2.45, 2.75) is 39.8 Å². The number of hydrogen-bond donors (Lipinski definition) is 1. The fourth-order valence-corrected chi connectivity index (χ4v) is 4.28. The van der Waals surface area contributed by atoms with Gasteiger partial charge in [-0.15, -0.1) is 0 Å². The largest absolute Gasteiger partial charge is 0.488 e. The van der Waals surface area contributed by atoms with Crippen LogP contribution in [0.15, 0.2) is 29.2 Å². The Morgan fingerprint density at radius 3 is 2.42 bits per heavy atom. The summed E-state index contributed by atoms with van der Waals surface area (Å²) in [5.41, 5.74) is 6.83. The highest BCUT2D eigenvalue weighted by molar-refractivity contribution is 5.89. The molecule has 24 heavy (non-hydrogen) atoms. The zero-order chi connectivity index (χ0) is 17.9. The quantitative estimate of drug-likeness (QED) is 0.920. The molecule has 0 aliphatic heterocycles. The number of ether oxygens (including phenoxy) is 1. The standard InChI is InChI=1S/C19H23N3O2/c1-18(2)16(21)19(3,4)17(18)24-13-7-6-11(10-20)15-14(13)12(23)8-9-22(15)5/h6-9,16-17H,21H2,1-5H3. The van der Waals surface area contributed by atoms with Gasteiger partial charge in [-0.2, -0.15) is 5.26 Å². The summed E-state index contributed by atoms with van der Waals surface area (Å²) in [6, 6.07) is 7.09. The summed E-state index contributed by atoms with van der Waals surface area (Å²) in [6.45, 7) is 8.32. The fraction of sp³-hybridized carbons (Fsp3) is 0.474. The molecule has 0 spiro atoms. The highest BCUT2D eigenvalue weighted by atomic mass is 16.5. The Bertz CT molecular complexity index is 903. The number of aryl methyl sites for hydroxylation is 1. The van der Waals surface area contributed by atoms with Gasteiger partial charge in [0.2, 0.25) is 0 Å². The molecule has 1 aromatic heterocycles. The molecule has 1 heterocycles. The first-order valence-electron chi connectivity index (χ1n) is 8.07. The molecular formula is C19H23N3O2. The minimum absolute atomic E-state index is 0.0162. The van der Waals surface area contributed by atoms with Crippen LogP contribution in [0.3, 0.4) is 0 Å². The average molecular weight is 325 g/mol. The van der Waals surface area contributed by atoms with E-state index >= 15 is 0 Å². The number of rotatable bonds is 2. The molecule has 126 valence electrons. The van der Waals surface area contributed by atoms with Crippen LogP contribution in [0, 0.1) is 22.2 Å². The topological polar surface area (TPSA) is 81.0 Å². The molecule has 5 nitrogen and oxygen atoms in total. The smallest absolute Gasteiger partial charge is 0.193 e. The van der Waals surface area contributed by atoms with E-state index in [-0.39, 0.29) is 28.4 Å². The van der Waals surface area contributed by atoms with Gasteiger partial charge in [0.05, 0.1) is 16.5 Å². The van der Waals surface area contributed by atoms with Crippen LogP contribution in [-0.4, -0.2) is 16.7 Å². The molecule has 1 aliphatic carbocycles. The number of nitrogens with zero attached hydrogens (tertiary/aromatic N) is 2. The van der Waals surface area contributed by atoms with E-state index < -0.39 is 0 Å². The van der Waals surface area contributed by atoms with E-state index in [1.807, 2.05) is 7.05 Å². The molecule has 2 N–H and O–H groups in total. The Balaban J connectivity index is 2.18. The van der Waals surface area contributed by atoms with E-state index in [1.165, 1.54) is 6.07 Å². The fourth-order valence-electron chi connectivity index (χ4n) is 4.28. The van der Waals surface area contributed by atoms with Gasteiger partial charge in [0.25, 0.3) is 0 Å². The predicted molar refractivity (Wildman–Crippen MR) is 93.9 cm³/mol. The SMILES string of the molecule is Cn1ccc(=O)c2c(OC3C(C)(C)C(N)C3(C)C)ccc(C#N)c21. The third-order valence-electron chi connectivity index (χ3n) is 5.51. The number of pyridine rings is 1. The van der Waals surface area contributed by atoms with Gasteiger partial charge in [0.1, 0.15) is 17.9 Å². The molecule has 0 atom stereocenters. The Hall–Kier alpha value is -2.32. The lowest BCUT2D eigenvalue weighted by Gasteiger charge is -2.61. The highest BCUT2D eigenvalue weighted by Crippen LogP contribution is 2.54. The minimum Gasteiger partial charge on any atom is -0.488 e. The number of nitriles is 1. The van der Waals surface area contributed by atoms with Gasteiger partial charge >= 0.3 is 0 Å². The second-order valence-corrected chi connectivity index (χ2v) is 7.86. The Kier molecular flexibility index (Phi) is 3.50. The second-order valence-electron chi connectivity index (χ2n) is 7.86. The van der Waals surface area contributed by atoms with Crippen molar-refractivity contribution in [2.24, 2.45) is 23.6 Å². The zero-order valence-corrected chi connectivity index (χ0v) is 14.8. The lowest BCUT2D eigenvalue weighted by molar-refractivity contribution is -0.154. The summed E-state index contributed by atoms with van der Waals surface area (Å²) in [5.74, 6) is 0.517. The van der Waals surface area contributed by atoms with Crippen LogP contribution >= 0.6 is 0 Å². The van der Waals surface area contributed by atoms with E-state index in [0.717, 1.165) is 0 Å². The first-order chi connectivity index (χ1) is 11.1. The molecular weight excluding hydrogens is 302 g/mol. The molecule has 1 aromatic carbocycles. The maximum atomic E-state index is 12.5. The van der Waals surface area contributed by atoms with E-state index in [2.05, 4.69) is 33.8 Å². The number of benzene rings is 1. The van der Waals surface area contributed by atoms with Gasteiger partial charge in [-0.25, -0.2) is 0 Å². The Morgan fingerprint density at radius 1 is 1.21 bits per heavy atom. The van der Waals surface area contributed by atoms with Crippen LogP contribution in [-0.2, 0) is 7.05 Å². The monoisotopic (exact) mass is 325 g/mol. The third kappa shape index (κ3) is 2.06. The lowest BCUT2D eigenvalue weighted by Crippen LogP contribution is -2.73. The van der Waals surface area contributed by atoms with Crippen molar-refractivity contribution >= 4 is 10.9 Å². The van der Waals surface area contributed by atoms with Crippen LogP contribution in [0.25, 0.3) is 10.9 Å². The summed E-state index contributed by atoms with van der Waals surface area (Å²) in [7, 11) is 1.82. The van der Waals surface area contributed by atoms with Crippen molar-refractivity contribution in [3.05, 3.63) is 40.2 Å². The van der Waals surface area contributed by atoms with Gasteiger partial charge in [-0.1, -0.05) is 27.7 Å². The highest BCUT2D eigenvalue weighted by Gasteiger charge is 2.62. The first kappa shape index (κ1) is 16.5. The normalized spacial score (nSPS) is 24.2. The van der Waals surface area contributed by atoms with Crippen molar-refractivity contribution < 1.29 is 4.74 Å². The summed E-state index contributed by atoms with van der Waals surface area (Å²) >= 11 is 0. The van der Waals surface area contributed by atoms with Crippen LogP contribution in [0.5, 0.6) is 5.75 Å². The van der Waals surface area contributed by atoms with Crippen LogP contribution in [0.1, 0.15) is 33.3 Å². The molecule has 0 amide bonds. The Morgan fingerprint density at radius 2 is 1.83 bits per heavy atom. The summed E-state index contributed by atoms with van der Waals surface area (Å²) < 4.78 is 8.08. The molecule has 5 heteroatoms. The number of nitrogens with two attached hydrogens (primary N) is 1. The maximum Gasteiger partial charge on any atom is 0.193 e. The summed E-state index contributed by atoms with van der Waals surface area (Å²) in [4.78, 5) is 12.5. The summed E-state index contributed by atoms with van der Waals surface area (Å²) in [6.07, 6.45) is 1.56. The number of aromatic nitrogens is 1. The number of hydrogen-bond acceptors (Lipinski definition) is 4. The van der Waals surface area contributed by atoms with Crippen molar-refractivity contribution in [1.29, 1.82) is 5.26 Å². The van der Waals surface area contributed by atoms with E-state index in [0.29, 0.717) is 22.2 Å². The van der Waals surface area contributed by atoms with Crippen molar-refractivity contribution in [2.75, 3.05) is 0 Å². The zero-order valence-electron chi connectivity index (χ0n) is 14.8. The van der Waals surface area contributed by atoms with Gasteiger partial charge in [-0.3, -0.25) is 4.79 Å². The Labute approximate surface area is 141 Å². The van der Waals surface area contributed by atoms with Crippen LogP contribution < -0.4 is 15.9 Å². The molecule has 2 aromatic rings. The lowest BCUT2D eigenvalue weighted by atomic mass is 9.50. The second kappa shape index (κ2) is 5.09. The predicted octanol–water partition coefficient (Wildman–Crippen LogP) is 2.55. The molecule has 1 saturated carbocycles. The van der Waals surface area contributed by atoms with Gasteiger partial charge in [0.15, 0.2) is 5.43 Å². The van der Waals surface area contributed by atoms with Gasteiger partial charge in [-0.05, 0) is 12.1 Å². The molecule has 1 aliphatic rings. The molecule has 0 unspecified atom stereocenters. The molecule has 1 fully saturated rings. The molecule has 0 bridgehead atoms. The van der Waals surface area contributed by atoms with E-state index in [9.17, 15) is 10.1 Å². The van der Waals surface area contributed by atoms with Crippen molar-refractivity contribution in [1.82, 2.24) is 4.57 Å².